The summed E-state index contributed by atoms with van der Waals surface area (Å²) in [6.07, 6.45) is 2.02. The van der Waals surface area contributed by atoms with Gasteiger partial charge in [-0.3, -0.25) is 0 Å². The number of nitrogens with two attached hydrogens (primary N) is 1. The fraction of sp³-hybridized carbons (Fsp3) is 0.385. The van der Waals surface area contributed by atoms with E-state index in [1.807, 2.05) is 6.92 Å². The Hall–Kier alpha value is -1.08. The van der Waals surface area contributed by atoms with E-state index < -0.39 is 0 Å². The Bertz CT molecular complexity index is 315. The van der Waals surface area contributed by atoms with Crippen molar-refractivity contribution in [3.63, 3.8) is 0 Å². The highest BCUT2D eigenvalue weighted by atomic mass is 14.6. The molecule has 76 valence electrons. The zero-order valence-electron chi connectivity index (χ0n) is 9.09. The van der Waals surface area contributed by atoms with Crippen LogP contribution in [0.5, 0.6) is 0 Å². The number of benzene rings is 1. The zero-order chi connectivity index (χ0) is 10.6. The first-order valence-corrected chi connectivity index (χ1v) is 5.06. The average molecular weight is 189 g/mol. The Morgan fingerprint density at radius 3 is 2.79 bits per heavy atom. The highest BCUT2D eigenvalue weighted by molar-refractivity contribution is 5.22. The Balaban J connectivity index is 2.49. The van der Waals surface area contributed by atoms with E-state index in [-0.39, 0.29) is 6.04 Å². The van der Waals surface area contributed by atoms with Crippen molar-refractivity contribution in [2.24, 2.45) is 5.73 Å². The molecule has 1 atom stereocenters. The summed E-state index contributed by atoms with van der Waals surface area (Å²) in [5.74, 6) is 0. The van der Waals surface area contributed by atoms with Crippen molar-refractivity contribution >= 4 is 0 Å². The molecule has 14 heavy (non-hydrogen) atoms. The molecule has 0 radical (unpaired) electrons. The number of rotatable bonds is 4. The molecule has 0 bridgehead atoms. The molecule has 0 spiro atoms. The standard InChI is InChI=1S/C13H19N/c1-10(2)13(14)8-7-12-6-4-5-11(3)9-12/h4-6,9,13H,1,7-8,14H2,2-3H3. The molecule has 1 rings (SSSR count). The van der Waals surface area contributed by atoms with E-state index in [0.29, 0.717) is 0 Å². The van der Waals surface area contributed by atoms with Crippen molar-refractivity contribution in [1.82, 2.24) is 0 Å². The lowest BCUT2D eigenvalue weighted by molar-refractivity contribution is 0.690. The van der Waals surface area contributed by atoms with Crippen LogP contribution in [0, 0.1) is 6.92 Å². The van der Waals surface area contributed by atoms with Crippen molar-refractivity contribution in [3.05, 3.63) is 47.5 Å². The first-order valence-electron chi connectivity index (χ1n) is 5.06. The predicted octanol–water partition coefficient (Wildman–Crippen LogP) is 2.83. The van der Waals surface area contributed by atoms with Crippen molar-refractivity contribution in [2.75, 3.05) is 0 Å². The molecular weight excluding hydrogens is 170 g/mol. The molecule has 0 saturated carbocycles. The lowest BCUT2D eigenvalue weighted by Crippen LogP contribution is -2.21. The zero-order valence-corrected chi connectivity index (χ0v) is 9.09. The summed E-state index contributed by atoms with van der Waals surface area (Å²) in [5, 5.41) is 0. The van der Waals surface area contributed by atoms with Crippen LogP contribution in [0.1, 0.15) is 24.5 Å². The van der Waals surface area contributed by atoms with Crippen molar-refractivity contribution in [1.29, 1.82) is 0 Å². The van der Waals surface area contributed by atoms with Crippen LogP contribution in [-0.4, -0.2) is 6.04 Å². The van der Waals surface area contributed by atoms with Gasteiger partial charge in [-0.1, -0.05) is 42.0 Å². The van der Waals surface area contributed by atoms with Crippen LogP contribution in [0.25, 0.3) is 0 Å². The molecule has 1 unspecified atom stereocenters. The third kappa shape index (κ3) is 3.35. The maximum absolute atomic E-state index is 5.90. The Morgan fingerprint density at radius 1 is 1.50 bits per heavy atom. The second-order valence-corrected chi connectivity index (χ2v) is 3.98. The number of hydrogen-bond donors (Lipinski definition) is 1. The van der Waals surface area contributed by atoms with Crippen LogP contribution < -0.4 is 5.73 Å². The van der Waals surface area contributed by atoms with Crippen LogP contribution in [-0.2, 0) is 6.42 Å². The van der Waals surface area contributed by atoms with Gasteiger partial charge in [-0.2, -0.15) is 0 Å². The van der Waals surface area contributed by atoms with Gasteiger partial charge in [0.25, 0.3) is 0 Å². The topological polar surface area (TPSA) is 26.0 Å². The van der Waals surface area contributed by atoms with E-state index in [0.717, 1.165) is 18.4 Å². The van der Waals surface area contributed by atoms with Crippen LogP contribution >= 0.6 is 0 Å². The summed E-state index contributed by atoms with van der Waals surface area (Å²) in [4.78, 5) is 0. The Labute approximate surface area is 86.6 Å². The first kappa shape index (κ1) is 11.0. The van der Waals surface area contributed by atoms with Crippen LogP contribution in [0.4, 0.5) is 0 Å². The predicted molar refractivity (Wildman–Crippen MR) is 62.3 cm³/mol. The van der Waals surface area contributed by atoms with E-state index in [2.05, 4.69) is 37.8 Å². The Kier molecular flexibility index (Phi) is 3.90. The average Bonchev–Trinajstić information content (AvgIpc) is 2.14. The van der Waals surface area contributed by atoms with E-state index in [1.165, 1.54) is 11.1 Å². The Morgan fingerprint density at radius 2 is 2.21 bits per heavy atom. The lowest BCUT2D eigenvalue weighted by Gasteiger charge is -2.10. The molecule has 1 nitrogen and oxygen atoms in total. The minimum Gasteiger partial charge on any atom is -0.324 e. The molecule has 1 aromatic rings. The second-order valence-electron chi connectivity index (χ2n) is 3.98. The quantitative estimate of drug-likeness (QED) is 0.724. The van der Waals surface area contributed by atoms with Gasteiger partial charge in [0, 0.05) is 6.04 Å². The fourth-order valence-electron chi connectivity index (χ4n) is 1.44. The number of hydrogen-bond acceptors (Lipinski definition) is 1. The number of aryl methyl sites for hydroxylation is 2. The molecule has 0 heterocycles. The maximum Gasteiger partial charge on any atom is 0.0251 e. The first-order chi connectivity index (χ1) is 6.59. The normalized spacial score (nSPS) is 12.5. The minimum absolute atomic E-state index is 0.135. The molecule has 2 N–H and O–H groups in total. The molecule has 0 aromatic heterocycles. The highest BCUT2D eigenvalue weighted by Crippen LogP contribution is 2.09. The molecular formula is C13H19N. The van der Waals surface area contributed by atoms with Crippen molar-refractivity contribution in [3.8, 4) is 0 Å². The molecule has 0 aliphatic rings. The van der Waals surface area contributed by atoms with Gasteiger partial charge < -0.3 is 5.73 Å². The van der Waals surface area contributed by atoms with Crippen LogP contribution in [0.15, 0.2) is 36.4 Å². The molecule has 1 heteroatoms. The second kappa shape index (κ2) is 4.97. The van der Waals surface area contributed by atoms with Gasteiger partial charge >= 0.3 is 0 Å². The van der Waals surface area contributed by atoms with Gasteiger partial charge in [-0.15, -0.1) is 0 Å². The molecule has 0 aliphatic heterocycles. The third-order valence-corrected chi connectivity index (χ3v) is 2.46. The maximum atomic E-state index is 5.90. The summed E-state index contributed by atoms with van der Waals surface area (Å²) in [5.41, 5.74) is 9.64. The van der Waals surface area contributed by atoms with Crippen LogP contribution in [0.3, 0.4) is 0 Å². The smallest absolute Gasteiger partial charge is 0.0251 e. The molecule has 0 amide bonds. The van der Waals surface area contributed by atoms with E-state index >= 15 is 0 Å². The molecule has 0 aliphatic carbocycles. The van der Waals surface area contributed by atoms with Crippen LogP contribution in [0.2, 0.25) is 0 Å². The molecule has 1 aromatic carbocycles. The summed E-state index contributed by atoms with van der Waals surface area (Å²) in [7, 11) is 0. The largest absolute Gasteiger partial charge is 0.324 e. The monoisotopic (exact) mass is 189 g/mol. The van der Waals surface area contributed by atoms with E-state index in [9.17, 15) is 0 Å². The van der Waals surface area contributed by atoms with Gasteiger partial charge in [0.1, 0.15) is 0 Å². The summed E-state index contributed by atoms with van der Waals surface area (Å²) < 4.78 is 0. The summed E-state index contributed by atoms with van der Waals surface area (Å²) >= 11 is 0. The van der Waals surface area contributed by atoms with Crippen molar-refractivity contribution < 1.29 is 0 Å². The minimum atomic E-state index is 0.135. The SMILES string of the molecule is C=C(C)C(N)CCc1cccc(C)c1. The molecule has 0 saturated heterocycles. The molecule has 0 fully saturated rings. The van der Waals surface area contributed by atoms with E-state index in [4.69, 9.17) is 5.73 Å². The van der Waals surface area contributed by atoms with Gasteiger partial charge in [-0.05, 0) is 32.3 Å². The summed E-state index contributed by atoms with van der Waals surface area (Å²) in [6.45, 7) is 7.96. The summed E-state index contributed by atoms with van der Waals surface area (Å²) in [6, 6.07) is 8.71. The van der Waals surface area contributed by atoms with Gasteiger partial charge in [0.2, 0.25) is 0 Å². The van der Waals surface area contributed by atoms with Gasteiger partial charge in [-0.25, -0.2) is 0 Å². The van der Waals surface area contributed by atoms with Crippen molar-refractivity contribution in [2.45, 2.75) is 32.7 Å². The third-order valence-electron chi connectivity index (χ3n) is 2.46. The van der Waals surface area contributed by atoms with E-state index in [1.54, 1.807) is 0 Å². The van der Waals surface area contributed by atoms with Gasteiger partial charge in [0.15, 0.2) is 0 Å². The highest BCUT2D eigenvalue weighted by Gasteiger charge is 2.02. The van der Waals surface area contributed by atoms with Gasteiger partial charge in [0.05, 0.1) is 0 Å². The lowest BCUT2D eigenvalue weighted by atomic mass is 10.0. The fourth-order valence-corrected chi connectivity index (χ4v) is 1.44.